The van der Waals surface area contributed by atoms with E-state index in [2.05, 4.69) is 20.3 Å². The van der Waals surface area contributed by atoms with E-state index in [0.717, 1.165) is 33.9 Å². The molecule has 0 saturated heterocycles. The molecule has 4 rings (SSSR count). The number of aromatic amines is 1. The molecular formula is C17H15N5O2. The monoisotopic (exact) mass is 321 g/mol. The third kappa shape index (κ3) is 2.45. The zero-order valence-corrected chi connectivity index (χ0v) is 13.0. The number of benzene rings is 1. The molecule has 1 aliphatic rings. The smallest absolute Gasteiger partial charge is 0.330 e. The van der Waals surface area contributed by atoms with E-state index in [9.17, 15) is 4.79 Å². The lowest BCUT2D eigenvalue weighted by Gasteiger charge is -2.18. The molecule has 0 saturated carbocycles. The Kier molecular flexibility index (Phi) is 3.19. The van der Waals surface area contributed by atoms with E-state index in [1.807, 2.05) is 31.2 Å². The fourth-order valence-corrected chi connectivity index (χ4v) is 2.74. The maximum atomic E-state index is 11.3. The van der Waals surface area contributed by atoms with Gasteiger partial charge in [0.1, 0.15) is 6.54 Å². The molecule has 0 radical (unpaired) electrons. The van der Waals surface area contributed by atoms with Gasteiger partial charge in [0.15, 0.2) is 11.7 Å². The molecule has 0 atom stereocenters. The van der Waals surface area contributed by atoms with Gasteiger partial charge in [0.2, 0.25) is 0 Å². The van der Waals surface area contributed by atoms with E-state index in [4.69, 9.17) is 10.5 Å². The van der Waals surface area contributed by atoms with Crippen LogP contribution in [0.1, 0.15) is 5.69 Å². The van der Waals surface area contributed by atoms with Gasteiger partial charge in [0, 0.05) is 23.0 Å². The molecule has 3 heterocycles. The van der Waals surface area contributed by atoms with Crippen molar-refractivity contribution < 1.29 is 9.53 Å². The Morgan fingerprint density at radius 2 is 2.08 bits per heavy atom. The minimum absolute atomic E-state index is 0.148. The SMILES string of the molecule is Cc1cc(-c2[nH]c(N)nc2-c2ccc3c(c2)NCC(=O)O3)ccn1. The number of ether oxygens (including phenoxy) is 1. The first-order valence-electron chi connectivity index (χ1n) is 7.47. The molecular weight excluding hydrogens is 306 g/mol. The fourth-order valence-electron chi connectivity index (χ4n) is 2.74. The molecule has 120 valence electrons. The van der Waals surface area contributed by atoms with Crippen LogP contribution < -0.4 is 15.8 Å². The van der Waals surface area contributed by atoms with E-state index in [1.165, 1.54) is 0 Å². The summed E-state index contributed by atoms with van der Waals surface area (Å²) in [6.45, 7) is 2.08. The van der Waals surface area contributed by atoms with Gasteiger partial charge >= 0.3 is 5.97 Å². The highest BCUT2D eigenvalue weighted by molar-refractivity contribution is 5.87. The number of nitrogens with zero attached hydrogens (tertiary/aromatic N) is 2. The predicted molar refractivity (Wildman–Crippen MR) is 90.5 cm³/mol. The number of carbonyl (C=O) groups excluding carboxylic acids is 1. The Hall–Kier alpha value is -3.35. The van der Waals surface area contributed by atoms with Crippen molar-refractivity contribution in [1.29, 1.82) is 0 Å². The van der Waals surface area contributed by atoms with Crippen LogP contribution in [0.3, 0.4) is 0 Å². The van der Waals surface area contributed by atoms with Gasteiger partial charge in [-0.05, 0) is 37.3 Å². The number of nitrogens with one attached hydrogen (secondary N) is 2. The second kappa shape index (κ2) is 5.38. The highest BCUT2D eigenvalue weighted by atomic mass is 16.5. The van der Waals surface area contributed by atoms with Gasteiger partial charge in [-0.1, -0.05) is 0 Å². The summed E-state index contributed by atoms with van der Waals surface area (Å²) in [5.41, 5.74) is 10.9. The number of hydrogen-bond donors (Lipinski definition) is 3. The number of aryl methyl sites for hydroxylation is 1. The largest absolute Gasteiger partial charge is 0.423 e. The Labute approximate surface area is 137 Å². The summed E-state index contributed by atoms with van der Waals surface area (Å²) in [7, 11) is 0. The quantitative estimate of drug-likeness (QED) is 0.494. The average Bonchev–Trinajstić information content (AvgIpc) is 2.96. The van der Waals surface area contributed by atoms with E-state index in [0.29, 0.717) is 11.7 Å². The number of aromatic nitrogens is 3. The van der Waals surface area contributed by atoms with Crippen molar-refractivity contribution in [3.05, 3.63) is 42.2 Å². The molecule has 4 N–H and O–H groups in total. The third-order valence-corrected chi connectivity index (χ3v) is 3.81. The van der Waals surface area contributed by atoms with Crippen LogP contribution in [-0.4, -0.2) is 27.5 Å². The molecule has 0 unspecified atom stereocenters. The molecule has 0 fully saturated rings. The normalized spacial score (nSPS) is 13.1. The summed E-state index contributed by atoms with van der Waals surface area (Å²) in [6, 6.07) is 9.37. The van der Waals surface area contributed by atoms with Gasteiger partial charge < -0.3 is 20.8 Å². The van der Waals surface area contributed by atoms with Crippen LogP contribution in [0.4, 0.5) is 11.6 Å². The van der Waals surface area contributed by atoms with Crippen LogP contribution >= 0.6 is 0 Å². The number of carbonyl (C=O) groups is 1. The molecule has 0 aliphatic carbocycles. The molecule has 2 aromatic heterocycles. The number of pyridine rings is 1. The van der Waals surface area contributed by atoms with Crippen LogP contribution in [0.2, 0.25) is 0 Å². The third-order valence-electron chi connectivity index (χ3n) is 3.81. The van der Waals surface area contributed by atoms with E-state index >= 15 is 0 Å². The molecule has 1 aromatic carbocycles. The van der Waals surface area contributed by atoms with E-state index < -0.39 is 0 Å². The lowest BCUT2D eigenvalue weighted by molar-refractivity contribution is -0.132. The minimum Gasteiger partial charge on any atom is -0.423 e. The summed E-state index contributed by atoms with van der Waals surface area (Å²) in [4.78, 5) is 23.1. The van der Waals surface area contributed by atoms with Crippen molar-refractivity contribution in [3.8, 4) is 28.3 Å². The topological polar surface area (TPSA) is 106 Å². The zero-order valence-electron chi connectivity index (χ0n) is 13.0. The van der Waals surface area contributed by atoms with Crippen LogP contribution in [0, 0.1) is 6.92 Å². The molecule has 1 aliphatic heterocycles. The number of esters is 1. The summed E-state index contributed by atoms with van der Waals surface area (Å²) in [5, 5.41) is 3.04. The highest BCUT2D eigenvalue weighted by Crippen LogP contribution is 2.36. The summed E-state index contributed by atoms with van der Waals surface area (Å²) >= 11 is 0. The summed E-state index contributed by atoms with van der Waals surface area (Å²) in [6.07, 6.45) is 1.75. The summed E-state index contributed by atoms with van der Waals surface area (Å²) < 4.78 is 5.20. The maximum Gasteiger partial charge on any atom is 0.330 e. The molecule has 7 nitrogen and oxygen atoms in total. The van der Waals surface area contributed by atoms with Crippen LogP contribution in [0.15, 0.2) is 36.5 Å². The number of fused-ring (bicyclic) bond motifs is 1. The van der Waals surface area contributed by atoms with Crippen molar-refractivity contribution in [2.75, 3.05) is 17.6 Å². The second-order valence-corrected chi connectivity index (χ2v) is 5.57. The number of H-pyrrole nitrogens is 1. The summed E-state index contributed by atoms with van der Waals surface area (Å²) in [5.74, 6) is 0.554. The molecule has 0 amide bonds. The van der Waals surface area contributed by atoms with Gasteiger partial charge in [-0.3, -0.25) is 4.98 Å². The molecule has 7 heteroatoms. The maximum absolute atomic E-state index is 11.3. The van der Waals surface area contributed by atoms with Crippen molar-refractivity contribution in [2.45, 2.75) is 6.92 Å². The lowest BCUT2D eigenvalue weighted by atomic mass is 10.0. The zero-order chi connectivity index (χ0) is 16.7. The van der Waals surface area contributed by atoms with Crippen LogP contribution in [0.5, 0.6) is 5.75 Å². The Morgan fingerprint density at radius 3 is 2.92 bits per heavy atom. The Balaban J connectivity index is 1.82. The van der Waals surface area contributed by atoms with E-state index in [1.54, 1.807) is 12.3 Å². The predicted octanol–water partition coefficient (Wildman–Crippen LogP) is 2.36. The van der Waals surface area contributed by atoms with Crippen molar-refractivity contribution in [1.82, 2.24) is 15.0 Å². The second-order valence-electron chi connectivity index (χ2n) is 5.57. The van der Waals surface area contributed by atoms with Gasteiger partial charge in [0.05, 0.1) is 17.1 Å². The molecule has 0 bridgehead atoms. The van der Waals surface area contributed by atoms with Crippen LogP contribution in [0.25, 0.3) is 22.5 Å². The Bertz CT molecular complexity index is 948. The standard InChI is InChI=1S/C17H15N5O2/c1-9-6-11(4-5-19-9)16-15(21-17(18)22-16)10-2-3-13-12(7-10)20-8-14(23)24-13/h2-7,20H,8H2,1H3,(H3,18,21,22). The first-order valence-corrected chi connectivity index (χ1v) is 7.47. The lowest BCUT2D eigenvalue weighted by Crippen LogP contribution is -2.24. The van der Waals surface area contributed by atoms with Gasteiger partial charge in [-0.25, -0.2) is 9.78 Å². The number of anilines is 2. The van der Waals surface area contributed by atoms with Crippen molar-refractivity contribution >= 4 is 17.6 Å². The first-order chi connectivity index (χ1) is 11.6. The van der Waals surface area contributed by atoms with Gasteiger partial charge in [-0.2, -0.15) is 0 Å². The van der Waals surface area contributed by atoms with Gasteiger partial charge in [-0.15, -0.1) is 0 Å². The van der Waals surface area contributed by atoms with Crippen molar-refractivity contribution in [3.63, 3.8) is 0 Å². The minimum atomic E-state index is -0.299. The van der Waals surface area contributed by atoms with Crippen molar-refractivity contribution in [2.24, 2.45) is 0 Å². The van der Waals surface area contributed by atoms with Gasteiger partial charge in [0.25, 0.3) is 0 Å². The molecule has 24 heavy (non-hydrogen) atoms. The first kappa shape index (κ1) is 14.3. The Morgan fingerprint density at radius 1 is 1.21 bits per heavy atom. The number of nitrogen functional groups attached to an aromatic ring is 1. The van der Waals surface area contributed by atoms with E-state index in [-0.39, 0.29) is 12.5 Å². The average molecular weight is 321 g/mol. The van der Waals surface area contributed by atoms with Crippen LogP contribution in [-0.2, 0) is 4.79 Å². The number of nitrogens with two attached hydrogens (primary N) is 1. The molecule has 3 aromatic rings. The number of imidazole rings is 1. The number of rotatable bonds is 2. The number of hydrogen-bond acceptors (Lipinski definition) is 6. The highest BCUT2D eigenvalue weighted by Gasteiger charge is 2.19. The molecule has 0 spiro atoms. The fraction of sp³-hybridized carbons (Fsp3) is 0.118.